The summed E-state index contributed by atoms with van der Waals surface area (Å²) in [6, 6.07) is 0. The van der Waals surface area contributed by atoms with Gasteiger partial charge in [-0.1, -0.05) is 0 Å². The fourth-order valence-electron chi connectivity index (χ4n) is 1.07. The number of nitrogens with zero attached hydrogens (tertiary/aromatic N) is 3. The van der Waals surface area contributed by atoms with Gasteiger partial charge in [0.15, 0.2) is 0 Å². The first-order valence-corrected chi connectivity index (χ1v) is 3.45. The van der Waals surface area contributed by atoms with E-state index < -0.39 is 0 Å². The molecule has 2 heterocycles. The van der Waals surface area contributed by atoms with Gasteiger partial charge in [0.2, 0.25) is 0 Å². The number of hydrogen-bond donors (Lipinski definition) is 1. The lowest BCUT2D eigenvalue weighted by atomic mass is 10.5. The van der Waals surface area contributed by atoms with Crippen molar-refractivity contribution in [2.24, 2.45) is 5.10 Å². The van der Waals surface area contributed by atoms with Crippen molar-refractivity contribution in [3.8, 4) is 0 Å². The fourth-order valence-corrected chi connectivity index (χ4v) is 1.07. The molecule has 0 saturated carbocycles. The summed E-state index contributed by atoms with van der Waals surface area (Å²) in [5, 5.41) is 8.06. The Kier molecular flexibility index (Phi) is 1.32. The molecular weight excluding hydrogens is 128 g/mol. The number of hydrogen-bond acceptors (Lipinski definition) is 4. The molecule has 0 radical (unpaired) electrons. The van der Waals surface area contributed by atoms with E-state index in [1.54, 1.807) is 0 Å². The number of rotatable bonds is 1. The van der Waals surface area contributed by atoms with Crippen LogP contribution in [0.2, 0.25) is 0 Å². The van der Waals surface area contributed by atoms with Gasteiger partial charge in [0, 0.05) is 18.8 Å². The average molecular weight is 138 g/mol. The summed E-state index contributed by atoms with van der Waals surface area (Å²) >= 11 is 0. The molecule has 2 rings (SSSR count). The first kappa shape index (κ1) is 5.73. The van der Waals surface area contributed by atoms with Gasteiger partial charge in [0.25, 0.3) is 0 Å². The highest BCUT2D eigenvalue weighted by Gasteiger charge is 2.15. The molecule has 4 heteroatoms. The van der Waals surface area contributed by atoms with E-state index in [-0.39, 0.29) is 0 Å². The predicted molar refractivity (Wildman–Crippen MR) is 38.8 cm³/mol. The van der Waals surface area contributed by atoms with E-state index in [0.717, 1.165) is 19.5 Å². The minimum Gasteiger partial charge on any atom is -0.307 e. The van der Waals surface area contributed by atoms with E-state index in [1.807, 2.05) is 22.7 Å². The van der Waals surface area contributed by atoms with E-state index in [4.69, 9.17) is 0 Å². The molecule has 0 aromatic heterocycles. The molecule has 0 atom stereocenters. The third-order valence-electron chi connectivity index (χ3n) is 1.57. The smallest absolute Gasteiger partial charge is 0.0604 e. The Morgan fingerprint density at radius 1 is 1.50 bits per heavy atom. The van der Waals surface area contributed by atoms with Gasteiger partial charge in [-0.15, -0.1) is 5.12 Å². The van der Waals surface area contributed by atoms with Crippen LogP contribution in [0.1, 0.15) is 6.42 Å². The summed E-state index contributed by atoms with van der Waals surface area (Å²) in [5.41, 5.74) is 3.06. The standard InChI is InChI=1S/C6H10N4/c1-3-7-9(5-1)10-6-2-4-8-10/h1,3-4,7H,2,5-6H2. The van der Waals surface area contributed by atoms with Crippen molar-refractivity contribution in [1.29, 1.82) is 0 Å². The molecule has 0 unspecified atom stereocenters. The van der Waals surface area contributed by atoms with Crippen molar-refractivity contribution in [3.05, 3.63) is 12.3 Å². The largest absolute Gasteiger partial charge is 0.307 e. The maximum absolute atomic E-state index is 4.15. The van der Waals surface area contributed by atoms with Crippen LogP contribution in [0.3, 0.4) is 0 Å². The van der Waals surface area contributed by atoms with Crippen molar-refractivity contribution in [3.63, 3.8) is 0 Å². The van der Waals surface area contributed by atoms with Crippen LogP contribution in [-0.4, -0.2) is 29.5 Å². The third-order valence-corrected chi connectivity index (χ3v) is 1.57. The lowest BCUT2D eigenvalue weighted by Gasteiger charge is -2.24. The Morgan fingerprint density at radius 3 is 3.10 bits per heavy atom. The first-order chi connectivity index (χ1) is 4.97. The summed E-state index contributed by atoms with van der Waals surface area (Å²) in [7, 11) is 0. The monoisotopic (exact) mass is 138 g/mol. The Labute approximate surface area is 59.7 Å². The molecule has 0 aliphatic carbocycles. The Balaban J connectivity index is 1.93. The number of nitrogens with one attached hydrogen (secondary N) is 1. The van der Waals surface area contributed by atoms with E-state index >= 15 is 0 Å². The molecule has 1 N–H and O–H groups in total. The molecule has 0 spiro atoms. The van der Waals surface area contributed by atoms with Crippen molar-refractivity contribution in [2.45, 2.75) is 6.42 Å². The normalized spacial score (nSPS) is 24.2. The molecular formula is C6H10N4. The molecule has 0 bridgehead atoms. The highest BCUT2D eigenvalue weighted by Crippen LogP contribution is 2.05. The second-order valence-corrected chi connectivity index (χ2v) is 2.30. The van der Waals surface area contributed by atoms with Crippen LogP contribution < -0.4 is 5.43 Å². The second-order valence-electron chi connectivity index (χ2n) is 2.30. The van der Waals surface area contributed by atoms with Crippen LogP contribution in [0, 0.1) is 0 Å². The van der Waals surface area contributed by atoms with Gasteiger partial charge < -0.3 is 5.43 Å². The first-order valence-electron chi connectivity index (χ1n) is 3.45. The summed E-state index contributed by atoms with van der Waals surface area (Å²) in [6.45, 7) is 1.91. The average Bonchev–Trinajstić information content (AvgIpc) is 2.59. The lowest BCUT2D eigenvalue weighted by Crippen LogP contribution is -2.42. The van der Waals surface area contributed by atoms with Gasteiger partial charge in [0.1, 0.15) is 0 Å². The molecule has 54 valence electrons. The van der Waals surface area contributed by atoms with Crippen LogP contribution in [0.4, 0.5) is 0 Å². The predicted octanol–water partition coefficient (Wildman–Crippen LogP) is -0.0732. The zero-order valence-corrected chi connectivity index (χ0v) is 5.70. The second kappa shape index (κ2) is 2.30. The Hall–Kier alpha value is -1.03. The van der Waals surface area contributed by atoms with Crippen molar-refractivity contribution in [1.82, 2.24) is 15.7 Å². The van der Waals surface area contributed by atoms with Crippen LogP contribution in [0.25, 0.3) is 0 Å². The van der Waals surface area contributed by atoms with Crippen LogP contribution in [-0.2, 0) is 0 Å². The molecule has 10 heavy (non-hydrogen) atoms. The third kappa shape index (κ3) is 0.863. The molecule has 0 aromatic carbocycles. The molecule has 0 aromatic rings. The highest BCUT2D eigenvalue weighted by atomic mass is 15.9. The molecule has 0 fully saturated rings. The van der Waals surface area contributed by atoms with E-state index in [9.17, 15) is 0 Å². The Bertz CT molecular complexity index is 167. The van der Waals surface area contributed by atoms with Crippen LogP contribution in [0.15, 0.2) is 17.4 Å². The highest BCUT2D eigenvalue weighted by molar-refractivity contribution is 5.58. The minimum atomic E-state index is 0.914. The molecule has 2 aliphatic rings. The summed E-state index contributed by atoms with van der Waals surface area (Å²) in [6.07, 6.45) is 6.97. The Morgan fingerprint density at radius 2 is 2.50 bits per heavy atom. The SMILES string of the molecule is C1=CNN(N2CCC=N2)C1. The van der Waals surface area contributed by atoms with E-state index in [2.05, 4.69) is 16.6 Å². The van der Waals surface area contributed by atoms with Crippen LogP contribution >= 0.6 is 0 Å². The maximum Gasteiger partial charge on any atom is 0.0604 e. The minimum absolute atomic E-state index is 0.914. The van der Waals surface area contributed by atoms with Gasteiger partial charge in [0.05, 0.1) is 13.1 Å². The van der Waals surface area contributed by atoms with Crippen LogP contribution in [0.5, 0.6) is 0 Å². The van der Waals surface area contributed by atoms with Gasteiger partial charge in [-0.2, -0.15) is 5.10 Å². The fraction of sp³-hybridized carbons (Fsp3) is 0.500. The number of hydrazone groups is 1. The molecule has 2 aliphatic heterocycles. The number of hydrazine groups is 2. The topological polar surface area (TPSA) is 30.9 Å². The van der Waals surface area contributed by atoms with Crippen molar-refractivity contribution in [2.75, 3.05) is 13.1 Å². The molecule has 0 amide bonds. The summed E-state index contributed by atoms with van der Waals surface area (Å²) in [5.74, 6) is 0. The van der Waals surface area contributed by atoms with Gasteiger partial charge >= 0.3 is 0 Å². The summed E-state index contributed by atoms with van der Waals surface area (Å²) in [4.78, 5) is 0. The van der Waals surface area contributed by atoms with Gasteiger partial charge in [-0.05, 0) is 6.08 Å². The quantitative estimate of drug-likeness (QED) is 0.550. The van der Waals surface area contributed by atoms with E-state index in [0.29, 0.717) is 0 Å². The molecule has 4 nitrogen and oxygen atoms in total. The zero-order valence-electron chi connectivity index (χ0n) is 5.70. The lowest BCUT2D eigenvalue weighted by molar-refractivity contribution is -0.0267. The van der Waals surface area contributed by atoms with Gasteiger partial charge in [-0.25, -0.2) is 5.12 Å². The van der Waals surface area contributed by atoms with Crippen molar-refractivity contribution < 1.29 is 0 Å². The molecule has 0 saturated heterocycles. The van der Waals surface area contributed by atoms with Gasteiger partial charge in [-0.3, -0.25) is 0 Å². The maximum atomic E-state index is 4.15. The van der Waals surface area contributed by atoms with Crippen molar-refractivity contribution >= 4 is 6.21 Å². The zero-order chi connectivity index (χ0) is 6.81. The summed E-state index contributed by atoms with van der Waals surface area (Å²) < 4.78 is 0. The van der Waals surface area contributed by atoms with E-state index in [1.165, 1.54) is 0 Å².